The number of amides is 1. The van der Waals surface area contributed by atoms with Gasteiger partial charge in [-0.15, -0.1) is 0 Å². The molecule has 1 N–H and O–H groups in total. The number of aromatic nitrogens is 1. The highest BCUT2D eigenvalue weighted by Gasteiger charge is 2.15. The molecule has 0 unspecified atom stereocenters. The Hall–Kier alpha value is -3.45. The first-order valence-corrected chi connectivity index (χ1v) is 9.39. The Morgan fingerprint density at radius 3 is 2.75 bits per heavy atom. The monoisotopic (exact) mass is 392 g/mol. The summed E-state index contributed by atoms with van der Waals surface area (Å²) in [7, 11) is 0. The van der Waals surface area contributed by atoms with Gasteiger partial charge in [-0.25, -0.2) is 4.98 Å². The minimum atomic E-state index is -0.539. The average Bonchev–Trinajstić information content (AvgIpc) is 3.11. The van der Waals surface area contributed by atoms with Crippen molar-refractivity contribution >= 4 is 32.6 Å². The van der Waals surface area contributed by atoms with Gasteiger partial charge >= 0.3 is 0 Å². The van der Waals surface area contributed by atoms with Gasteiger partial charge in [0.05, 0.1) is 10.2 Å². The fraction of sp³-hybridized carbons (Fsp3) is 0.0952. The van der Waals surface area contributed by atoms with Crippen molar-refractivity contribution in [2.75, 3.05) is 5.32 Å². The third-order valence-electron chi connectivity index (χ3n) is 4.10. The SMILES string of the molecule is Cc1cccc2sc(NC(=O)c3cc(=O)c(OCc4ccccc4)co3)nc12. The summed E-state index contributed by atoms with van der Waals surface area (Å²) >= 11 is 1.36. The first-order valence-electron chi connectivity index (χ1n) is 8.57. The highest BCUT2D eigenvalue weighted by atomic mass is 32.1. The van der Waals surface area contributed by atoms with Crippen LogP contribution in [0.5, 0.6) is 5.75 Å². The van der Waals surface area contributed by atoms with E-state index in [1.165, 1.54) is 11.3 Å². The molecule has 0 aliphatic carbocycles. The van der Waals surface area contributed by atoms with Gasteiger partial charge in [-0.2, -0.15) is 0 Å². The summed E-state index contributed by atoms with van der Waals surface area (Å²) in [6, 6.07) is 16.4. The lowest BCUT2D eigenvalue weighted by molar-refractivity contribution is 0.0993. The third kappa shape index (κ3) is 3.79. The standard InChI is InChI=1S/C21H16N2O4S/c1-13-6-5-9-18-19(13)22-21(28-18)23-20(25)16-10-15(24)17(12-27-16)26-11-14-7-3-2-4-8-14/h2-10,12H,11H2,1H3,(H,22,23,25). The van der Waals surface area contributed by atoms with Crippen LogP contribution in [0.25, 0.3) is 10.2 Å². The number of nitrogens with one attached hydrogen (secondary N) is 1. The second-order valence-corrected chi connectivity index (χ2v) is 7.17. The van der Waals surface area contributed by atoms with E-state index in [0.717, 1.165) is 33.7 Å². The molecule has 0 saturated heterocycles. The summed E-state index contributed by atoms with van der Waals surface area (Å²) < 4.78 is 11.8. The average molecular weight is 392 g/mol. The Kier molecular flexibility index (Phi) is 4.90. The Bertz CT molecular complexity index is 1200. The number of aryl methyl sites for hydroxylation is 1. The molecule has 28 heavy (non-hydrogen) atoms. The van der Waals surface area contributed by atoms with Crippen molar-refractivity contribution in [2.45, 2.75) is 13.5 Å². The van der Waals surface area contributed by atoms with Gasteiger partial charge in [-0.3, -0.25) is 14.9 Å². The maximum absolute atomic E-state index is 12.4. The molecule has 2 aromatic heterocycles. The van der Waals surface area contributed by atoms with Gasteiger partial charge in [0, 0.05) is 6.07 Å². The van der Waals surface area contributed by atoms with Crippen molar-refractivity contribution in [2.24, 2.45) is 0 Å². The highest BCUT2D eigenvalue weighted by molar-refractivity contribution is 7.22. The van der Waals surface area contributed by atoms with Crippen LogP contribution in [-0.4, -0.2) is 10.9 Å². The van der Waals surface area contributed by atoms with Crippen LogP contribution in [0.2, 0.25) is 0 Å². The van der Waals surface area contributed by atoms with Crippen LogP contribution >= 0.6 is 11.3 Å². The van der Waals surface area contributed by atoms with Crippen molar-refractivity contribution < 1.29 is 13.9 Å². The quantitative estimate of drug-likeness (QED) is 0.545. The number of carbonyl (C=O) groups excluding carboxylic acids is 1. The summed E-state index contributed by atoms with van der Waals surface area (Å²) in [5, 5.41) is 3.12. The van der Waals surface area contributed by atoms with E-state index in [1.54, 1.807) is 0 Å². The molecular weight excluding hydrogens is 376 g/mol. The predicted molar refractivity (Wildman–Crippen MR) is 108 cm³/mol. The fourth-order valence-corrected chi connectivity index (χ4v) is 3.60. The molecule has 2 aromatic carbocycles. The van der Waals surface area contributed by atoms with E-state index in [0.29, 0.717) is 5.13 Å². The lowest BCUT2D eigenvalue weighted by Gasteiger charge is -2.06. The van der Waals surface area contributed by atoms with Crippen LogP contribution in [0.4, 0.5) is 5.13 Å². The first kappa shape index (κ1) is 17.9. The number of carbonyl (C=O) groups is 1. The number of thiazole rings is 1. The minimum absolute atomic E-state index is 0.0519. The van der Waals surface area contributed by atoms with E-state index in [9.17, 15) is 9.59 Å². The van der Waals surface area contributed by atoms with Crippen LogP contribution in [0.3, 0.4) is 0 Å². The Morgan fingerprint density at radius 1 is 1.18 bits per heavy atom. The van der Waals surface area contributed by atoms with Gasteiger partial charge in [0.15, 0.2) is 10.9 Å². The van der Waals surface area contributed by atoms with Crippen LogP contribution in [0.1, 0.15) is 21.7 Å². The van der Waals surface area contributed by atoms with E-state index < -0.39 is 11.3 Å². The molecule has 0 bridgehead atoms. The maximum atomic E-state index is 12.4. The molecule has 0 aliphatic rings. The molecule has 7 heteroatoms. The van der Waals surface area contributed by atoms with E-state index in [2.05, 4.69) is 10.3 Å². The topological polar surface area (TPSA) is 81.4 Å². The summed E-state index contributed by atoms with van der Waals surface area (Å²) in [5.41, 5.74) is 2.37. The summed E-state index contributed by atoms with van der Waals surface area (Å²) in [6.45, 7) is 2.20. The van der Waals surface area contributed by atoms with E-state index >= 15 is 0 Å². The summed E-state index contributed by atoms with van der Waals surface area (Å²) in [5.74, 6) is -0.590. The molecule has 140 valence electrons. The number of benzene rings is 2. The zero-order valence-corrected chi connectivity index (χ0v) is 15.8. The second kappa shape index (κ2) is 7.66. The van der Waals surface area contributed by atoms with Crippen LogP contribution in [0, 0.1) is 6.92 Å². The maximum Gasteiger partial charge on any atom is 0.293 e. The van der Waals surface area contributed by atoms with Gasteiger partial charge in [-0.1, -0.05) is 53.8 Å². The van der Waals surface area contributed by atoms with Crippen LogP contribution in [0.15, 0.2) is 70.1 Å². The zero-order chi connectivity index (χ0) is 19.5. The van der Waals surface area contributed by atoms with Crippen molar-refractivity contribution in [3.8, 4) is 5.75 Å². The summed E-state index contributed by atoms with van der Waals surface area (Å²) in [4.78, 5) is 29.0. The Labute approximate surface area is 164 Å². The van der Waals surface area contributed by atoms with E-state index in [4.69, 9.17) is 9.15 Å². The molecule has 0 fully saturated rings. The molecule has 0 spiro atoms. The number of anilines is 1. The molecule has 0 saturated carbocycles. The summed E-state index contributed by atoms with van der Waals surface area (Å²) in [6.07, 6.45) is 1.16. The third-order valence-corrected chi connectivity index (χ3v) is 5.04. The van der Waals surface area contributed by atoms with Crippen molar-refractivity contribution in [3.63, 3.8) is 0 Å². The second-order valence-electron chi connectivity index (χ2n) is 6.14. The predicted octanol–water partition coefficient (Wildman–Crippen LogP) is 4.39. The van der Waals surface area contributed by atoms with Crippen molar-refractivity contribution in [1.82, 2.24) is 4.98 Å². The molecule has 0 radical (unpaired) electrons. The fourth-order valence-electron chi connectivity index (χ4n) is 2.66. The van der Waals surface area contributed by atoms with Gasteiger partial charge in [0.25, 0.3) is 5.91 Å². The van der Waals surface area contributed by atoms with Gasteiger partial charge < -0.3 is 9.15 Å². The van der Waals surface area contributed by atoms with Gasteiger partial charge in [0.1, 0.15) is 12.9 Å². The Morgan fingerprint density at radius 2 is 2.00 bits per heavy atom. The number of fused-ring (bicyclic) bond motifs is 1. The smallest absolute Gasteiger partial charge is 0.293 e. The lowest BCUT2D eigenvalue weighted by atomic mass is 10.2. The number of ether oxygens (including phenoxy) is 1. The number of rotatable bonds is 5. The normalized spacial score (nSPS) is 10.8. The van der Waals surface area contributed by atoms with Crippen molar-refractivity contribution in [1.29, 1.82) is 0 Å². The number of hydrogen-bond donors (Lipinski definition) is 1. The van der Waals surface area contributed by atoms with Crippen molar-refractivity contribution in [3.05, 3.63) is 88.0 Å². The van der Waals surface area contributed by atoms with Crippen LogP contribution in [-0.2, 0) is 6.61 Å². The lowest BCUT2D eigenvalue weighted by Crippen LogP contribution is -2.15. The van der Waals surface area contributed by atoms with Gasteiger partial charge in [0.2, 0.25) is 11.2 Å². The molecule has 4 rings (SSSR count). The zero-order valence-electron chi connectivity index (χ0n) is 15.0. The minimum Gasteiger partial charge on any atom is -0.482 e. The number of para-hydroxylation sites is 1. The highest BCUT2D eigenvalue weighted by Crippen LogP contribution is 2.28. The van der Waals surface area contributed by atoms with Gasteiger partial charge in [-0.05, 0) is 24.1 Å². The molecule has 0 aliphatic heterocycles. The number of hydrogen-bond acceptors (Lipinski definition) is 6. The first-order chi connectivity index (χ1) is 13.6. The molecule has 4 aromatic rings. The Balaban J connectivity index is 1.47. The molecule has 2 heterocycles. The van der Waals surface area contributed by atoms with E-state index in [-0.39, 0.29) is 18.1 Å². The van der Waals surface area contributed by atoms with E-state index in [1.807, 2.05) is 55.5 Å². The number of nitrogens with zero attached hydrogens (tertiary/aromatic N) is 1. The molecule has 0 atom stereocenters. The van der Waals surface area contributed by atoms with Crippen LogP contribution < -0.4 is 15.5 Å². The molecule has 6 nitrogen and oxygen atoms in total. The molecular formula is C21H16N2O4S. The largest absolute Gasteiger partial charge is 0.482 e. The molecule has 1 amide bonds.